The zero-order valence-corrected chi connectivity index (χ0v) is 16.5. The summed E-state index contributed by atoms with van der Waals surface area (Å²) in [7, 11) is -3.01. The molecule has 1 aromatic rings. The lowest BCUT2D eigenvalue weighted by molar-refractivity contribution is -0.131. The van der Waals surface area contributed by atoms with Crippen molar-refractivity contribution in [3.63, 3.8) is 0 Å². The molecule has 8 heteroatoms. The van der Waals surface area contributed by atoms with E-state index in [0.29, 0.717) is 18.1 Å². The van der Waals surface area contributed by atoms with Crippen molar-refractivity contribution in [3.05, 3.63) is 17.0 Å². The Labute approximate surface area is 148 Å². The number of sulfone groups is 1. The van der Waals surface area contributed by atoms with Crippen molar-refractivity contribution < 1.29 is 13.2 Å². The van der Waals surface area contributed by atoms with Gasteiger partial charge in [0.1, 0.15) is 0 Å². The average Bonchev–Trinajstić information content (AvgIpc) is 2.85. The molecule has 1 aliphatic heterocycles. The fourth-order valence-corrected chi connectivity index (χ4v) is 5.51. The smallest absolute Gasteiger partial charge is 0.236 e. The maximum atomic E-state index is 12.8. The van der Waals surface area contributed by atoms with E-state index in [1.54, 1.807) is 4.90 Å². The summed E-state index contributed by atoms with van der Waals surface area (Å²) in [4.78, 5) is 23.4. The van der Waals surface area contributed by atoms with Gasteiger partial charge in [0.25, 0.3) is 0 Å². The number of aryl methyl sites for hydroxylation is 2. The summed E-state index contributed by atoms with van der Waals surface area (Å²) in [5.41, 5.74) is 2.89. The fraction of sp³-hybridized carbons (Fsp3) is 0.688. The molecule has 0 bridgehead atoms. The zero-order chi connectivity index (χ0) is 18.1. The highest BCUT2D eigenvalue weighted by Crippen LogP contribution is 2.25. The molecule has 1 aromatic heterocycles. The Hall–Kier alpha value is -1.15. The topological polar surface area (TPSA) is 80.2 Å². The minimum Gasteiger partial charge on any atom is -0.338 e. The van der Waals surface area contributed by atoms with E-state index in [1.807, 2.05) is 34.6 Å². The predicted octanol–water partition coefficient (Wildman–Crippen LogP) is 1.92. The second-order valence-corrected chi connectivity index (χ2v) is 9.78. The Morgan fingerprint density at radius 2 is 1.88 bits per heavy atom. The second-order valence-electron chi connectivity index (χ2n) is 6.24. The minimum absolute atomic E-state index is 0.0518. The van der Waals surface area contributed by atoms with Crippen LogP contribution in [0.2, 0.25) is 0 Å². The maximum Gasteiger partial charge on any atom is 0.236 e. The van der Waals surface area contributed by atoms with Crippen LogP contribution in [0.4, 0.5) is 0 Å². The Kier molecular flexibility index (Phi) is 5.91. The predicted molar refractivity (Wildman–Crippen MR) is 96.0 cm³/mol. The van der Waals surface area contributed by atoms with E-state index in [2.05, 4.69) is 9.97 Å². The van der Waals surface area contributed by atoms with E-state index >= 15 is 0 Å². The van der Waals surface area contributed by atoms with E-state index in [1.165, 1.54) is 11.8 Å². The summed E-state index contributed by atoms with van der Waals surface area (Å²) < 4.78 is 23.4. The van der Waals surface area contributed by atoms with Gasteiger partial charge in [-0.2, -0.15) is 0 Å². The highest BCUT2D eigenvalue weighted by atomic mass is 32.2. The largest absolute Gasteiger partial charge is 0.338 e. The van der Waals surface area contributed by atoms with Crippen LogP contribution in [-0.2, 0) is 14.6 Å². The lowest BCUT2D eigenvalue weighted by Crippen LogP contribution is -2.44. The van der Waals surface area contributed by atoms with Crippen LogP contribution in [-0.4, -0.2) is 58.5 Å². The van der Waals surface area contributed by atoms with Crippen molar-refractivity contribution in [1.82, 2.24) is 14.9 Å². The molecule has 0 saturated carbocycles. The number of nitrogens with zero attached hydrogens (tertiary/aromatic N) is 3. The van der Waals surface area contributed by atoms with Crippen molar-refractivity contribution >= 4 is 27.5 Å². The van der Waals surface area contributed by atoms with Crippen molar-refractivity contribution in [1.29, 1.82) is 0 Å². The van der Waals surface area contributed by atoms with Crippen molar-refractivity contribution in [3.8, 4) is 0 Å². The molecule has 0 unspecified atom stereocenters. The summed E-state index contributed by atoms with van der Waals surface area (Å²) in [6.07, 6.45) is 0.526. The minimum atomic E-state index is -3.01. The summed E-state index contributed by atoms with van der Waals surface area (Å²) in [6, 6.07) is -0.210. The van der Waals surface area contributed by atoms with Gasteiger partial charge in [-0.15, -0.1) is 0 Å². The monoisotopic (exact) mass is 371 g/mol. The molecule has 0 aromatic carbocycles. The molecule has 2 rings (SSSR count). The number of rotatable bonds is 5. The Balaban J connectivity index is 2.10. The van der Waals surface area contributed by atoms with Crippen LogP contribution in [0.25, 0.3) is 0 Å². The van der Waals surface area contributed by atoms with Crippen LogP contribution in [0, 0.1) is 20.8 Å². The Morgan fingerprint density at radius 3 is 2.33 bits per heavy atom. The summed E-state index contributed by atoms with van der Waals surface area (Å²) in [5.74, 6) is 0.190. The van der Waals surface area contributed by atoms with Gasteiger partial charge in [-0.3, -0.25) is 4.79 Å². The summed E-state index contributed by atoms with van der Waals surface area (Å²) in [5, 5.41) is 0.237. The first-order valence-corrected chi connectivity index (χ1v) is 10.8. The lowest BCUT2D eigenvalue weighted by Gasteiger charge is -2.29. The molecular formula is C16H25N3O3S2. The maximum absolute atomic E-state index is 12.8. The third kappa shape index (κ3) is 4.27. The van der Waals surface area contributed by atoms with E-state index in [0.717, 1.165) is 17.0 Å². The van der Waals surface area contributed by atoms with Crippen LogP contribution in [0.3, 0.4) is 0 Å². The van der Waals surface area contributed by atoms with Gasteiger partial charge < -0.3 is 4.90 Å². The number of hydrogen-bond acceptors (Lipinski definition) is 6. The average molecular weight is 372 g/mol. The molecule has 1 amide bonds. The summed E-state index contributed by atoms with van der Waals surface area (Å²) >= 11 is 1.33. The molecule has 0 N–H and O–H groups in total. The zero-order valence-electron chi connectivity index (χ0n) is 14.9. The van der Waals surface area contributed by atoms with E-state index in [4.69, 9.17) is 0 Å². The Morgan fingerprint density at radius 1 is 1.29 bits per heavy atom. The van der Waals surface area contributed by atoms with Crippen molar-refractivity contribution in [2.75, 3.05) is 18.1 Å². The molecule has 6 nitrogen and oxygen atoms in total. The molecule has 0 aliphatic carbocycles. The summed E-state index contributed by atoms with van der Waals surface area (Å²) in [6.45, 7) is 10.1. The normalized spacial score (nSPS) is 20.8. The first-order valence-electron chi connectivity index (χ1n) is 8.14. The van der Waals surface area contributed by atoms with Gasteiger partial charge >= 0.3 is 0 Å². The molecule has 0 spiro atoms. The molecule has 1 aliphatic rings. The molecule has 1 fully saturated rings. The molecule has 1 saturated heterocycles. The van der Waals surface area contributed by atoms with Gasteiger partial charge in [-0.05, 0) is 46.6 Å². The highest BCUT2D eigenvalue weighted by Gasteiger charge is 2.35. The van der Waals surface area contributed by atoms with Crippen LogP contribution in [0.15, 0.2) is 5.16 Å². The first-order chi connectivity index (χ1) is 11.1. The van der Waals surface area contributed by atoms with Gasteiger partial charge in [0.05, 0.1) is 16.8 Å². The SMILES string of the molecule is CCN(C(=O)[C@H](C)Sc1nc(C)c(C)c(C)n1)[C@H]1CCS(=O)(=O)C1. The van der Waals surface area contributed by atoms with Gasteiger partial charge in [-0.1, -0.05) is 11.8 Å². The third-order valence-corrected chi connectivity index (χ3v) is 7.21. The number of thioether (sulfide) groups is 1. The molecule has 2 atom stereocenters. The van der Waals surface area contributed by atoms with Gasteiger partial charge in [0, 0.05) is 24.0 Å². The highest BCUT2D eigenvalue weighted by molar-refractivity contribution is 8.00. The molecular weight excluding hydrogens is 346 g/mol. The fourth-order valence-electron chi connectivity index (χ4n) is 2.85. The molecule has 0 radical (unpaired) electrons. The molecule has 2 heterocycles. The standard InChI is InChI=1S/C16H25N3O3S2/c1-6-19(14-7-8-24(21,22)9-14)15(20)13(5)23-16-17-11(3)10(2)12(4)18-16/h13-14H,6-9H2,1-5H3/t13-,14-/m0/s1. The third-order valence-electron chi connectivity index (χ3n) is 4.51. The van der Waals surface area contributed by atoms with Gasteiger partial charge in [0.2, 0.25) is 5.91 Å². The van der Waals surface area contributed by atoms with Gasteiger partial charge in [0.15, 0.2) is 15.0 Å². The Bertz CT molecular complexity index is 711. The number of aromatic nitrogens is 2. The van der Waals surface area contributed by atoms with E-state index < -0.39 is 9.84 Å². The van der Waals surface area contributed by atoms with E-state index in [-0.39, 0.29) is 28.7 Å². The van der Waals surface area contributed by atoms with Crippen LogP contribution < -0.4 is 0 Å². The van der Waals surface area contributed by atoms with Crippen molar-refractivity contribution in [2.24, 2.45) is 0 Å². The second kappa shape index (κ2) is 7.39. The number of hydrogen-bond donors (Lipinski definition) is 0. The molecule has 134 valence electrons. The number of carbonyl (C=O) groups excluding carboxylic acids is 1. The quantitative estimate of drug-likeness (QED) is 0.581. The first kappa shape index (κ1) is 19.2. The van der Waals surface area contributed by atoms with Crippen LogP contribution in [0.1, 0.15) is 37.2 Å². The van der Waals surface area contributed by atoms with Gasteiger partial charge in [-0.25, -0.2) is 18.4 Å². The molecule has 24 heavy (non-hydrogen) atoms. The van der Waals surface area contributed by atoms with Crippen molar-refractivity contribution in [2.45, 2.75) is 57.5 Å². The number of amides is 1. The van der Waals surface area contributed by atoms with Crippen LogP contribution >= 0.6 is 11.8 Å². The van der Waals surface area contributed by atoms with E-state index in [9.17, 15) is 13.2 Å². The lowest BCUT2D eigenvalue weighted by atomic mass is 10.2. The number of carbonyl (C=O) groups is 1. The van der Waals surface area contributed by atoms with Crippen LogP contribution in [0.5, 0.6) is 0 Å².